The Morgan fingerprint density at radius 3 is 2.71 bits per heavy atom. The van der Waals surface area contributed by atoms with Gasteiger partial charge in [0, 0.05) is 19.0 Å². The smallest absolute Gasteiger partial charge is 0.260 e. The lowest BCUT2D eigenvalue weighted by molar-refractivity contribution is -0.132. The fraction of sp³-hybridized carbons (Fsp3) is 0.588. The van der Waals surface area contributed by atoms with E-state index in [2.05, 4.69) is 6.92 Å². The van der Waals surface area contributed by atoms with Gasteiger partial charge in [-0.25, -0.2) is 0 Å². The monoisotopic (exact) mass is 289 g/mol. The van der Waals surface area contributed by atoms with Crippen LogP contribution in [0.3, 0.4) is 0 Å². The van der Waals surface area contributed by atoms with Crippen LogP contribution in [0.1, 0.15) is 25.3 Å². The highest BCUT2D eigenvalue weighted by molar-refractivity contribution is 5.78. The van der Waals surface area contributed by atoms with Crippen LogP contribution in [-0.2, 0) is 11.2 Å². The van der Waals surface area contributed by atoms with Crippen molar-refractivity contribution in [1.29, 1.82) is 0 Å². The van der Waals surface area contributed by atoms with Gasteiger partial charge in [-0.15, -0.1) is 0 Å². The Morgan fingerprint density at radius 1 is 1.29 bits per heavy atom. The SMILES string of the molecule is CCc1ccc(OCC(=O)N2CC3CCC(O)C3C2)cc1. The summed E-state index contributed by atoms with van der Waals surface area (Å²) in [5.41, 5.74) is 1.26. The Hall–Kier alpha value is -1.55. The lowest BCUT2D eigenvalue weighted by atomic mass is 10.00. The topological polar surface area (TPSA) is 49.8 Å². The zero-order valence-electron chi connectivity index (χ0n) is 12.5. The zero-order valence-corrected chi connectivity index (χ0v) is 12.5. The molecule has 1 saturated carbocycles. The van der Waals surface area contributed by atoms with E-state index >= 15 is 0 Å². The number of amides is 1. The van der Waals surface area contributed by atoms with Gasteiger partial charge < -0.3 is 14.7 Å². The lowest BCUT2D eigenvalue weighted by Gasteiger charge is -2.18. The number of nitrogens with zero attached hydrogens (tertiary/aromatic N) is 1. The Labute approximate surface area is 125 Å². The number of aliphatic hydroxyl groups is 1. The first-order valence-electron chi connectivity index (χ1n) is 7.85. The highest BCUT2D eigenvalue weighted by atomic mass is 16.5. The molecule has 114 valence electrons. The quantitative estimate of drug-likeness (QED) is 0.920. The molecule has 0 bridgehead atoms. The Kier molecular flexibility index (Phi) is 4.15. The third-order valence-corrected chi connectivity index (χ3v) is 4.87. The number of likely N-dealkylation sites (tertiary alicyclic amines) is 1. The van der Waals surface area contributed by atoms with Crippen molar-refractivity contribution >= 4 is 5.91 Å². The van der Waals surface area contributed by atoms with Crippen molar-refractivity contribution in [3.63, 3.8) is 0 Å². The maximum atomic E-state index is 12.2. The Morgan fingerprint density at radius 2 is 2.05 bits per heavy atom. The van der Waals surface area contributed by atoms with E-state index in [0.29, 0.717) is 12.5 Å². The van der Waals surface area contributed by atoms with Crippen LogP contribution in [0.4, 0.5) is 0 Å². The Balaban J connectivity index is 1.50. The number of aliphatic hydroxyl groups excluding tert-OH is 1. The highest BCUT2D eigenvalue weighted by Crippen LogP contribution is 2.38. The number of hydrogen-bond acceptors (Lipinski definition) is 3. The van der Waals surface area contributed by atoms with Crippen LogP contribution in [0.5, 0.6) is 5.75 Å². The molecule has 0 aromatic heterocycles. The van der Waals surface area contributed by atoms with Crippen molar-refractivity contribution in [2.45, 2.75) is 32.3 Å². The zero-order chi connectivity index (χ0) is 14.8. The summed E-state index contributed by atoms with van der Waals surface area (Å²) in [6.07, 6.45) is 2.69. The van der Waals surface area contributed by atoms with Gasteiger partial charge in [0.2, 0.25) is 0 Å². The Bertz CT molecular complexity index is 499. The number of ether oxygens (including phenoxy) is 1. The van der Waals surface area contributed by atoms with E-state index in [9.17, 15) is 9.90 Å². The van der Waals surface area contributed by atoms with Crippen molar-refractivity contribution in [3.05, 3.63) is 29.8 Å². The summed E-state index contributed by atoms with van der Waals surface area (Å²) in [7, 11) is 0. The highest BCUT2D eigenvalue weighted by Gasteiger charge is 2.43. The van der Waals surface area contributed by atoms with Crippen LogP contribution in [0.2, 0.25) is 0 Å². The van der Waals surface area contributed by atoms with E-state index in [-0.39, 0.29) is 24.5 Å². The second-order valence-corrected chi connectivity index (χ2v) is 6.15. The molecule has 1 saturated heterocycles. The number of hydrogen-bond donors (Lipinski definition) is 1. The maximum Gasteiger partial charge on any atom is 0.260 e. The van der Waals surface area contributed by atoms with Gasteiger partial charge in [0.1, 0.15) is 5.75 Å². The van der Waals surface area contributed by atoms with E-state index in [1.165, 1.54) is 5.56 Å². The minimum absolute atomic E-state index is 0.0242. The molecule has 4 nitrogen and oxygen atoms in total. The van der Waals surface area contributed by atoms with Crippen molar-refractivity contribution in [1.82, 2.24) is 4.90 Å². The first-order valence-corrected chi connectivity index (χ1v) is 7.85. The fourth-order valence-corrected chi connectivity index (χ4v) is 3.50. The molecule has 3 rings (SSSR count). The van der Waals surface area contributed by atoms with Gasteiger partial charge in [0.25, 0.3) is 5.91 Å². The van der Waals surface area contributed by atoms with Gasteiger partial charge in [-0.05, 0) is 42.9 Å². The van der Waals surface area contributed by atoms with Gasteiger partial charge >= 0.3 is 0 Å². The number of aryl methyl sites for hydroxylation is 1. The van der Waals surface area contributed by atoms with Gasteiger partial charge in [-0.3, -0.25) is 4.79 Å². The summed E-state index contributed by atoms with van der Waals surface area (Å²) in [6, 6.07) is 7.87. The summed E-state index contributed by atoms with van der Waals surface area (Å²) < 4.78 is 5.57. The molecule has 3 atom stereocenters. The minimum atomic E-state index is -0.227. The predicted octanol–water partition coefficient (Wildman–Crippen LogP) is 1.86. The molecule has 2 fully saturated rings. The number of carbonyl (C=O) groups is 1. The number of rotatable bonds is 4. The molecular weight excluding hydrogens is 266 g/mol. The molecule has 1 N–H and O–H groups in total. The number of carbonyl (C=O) groups excluding carboxylic acids is 1. The second-order valence-electron chi connectivity index (χ2n) is 6.15. The maximum absolute atomic E-state index is 12.2. The predicted molar refractivity (Wildman–Crippen MR) is 80.1 cm³/mol. The summed E-state index contributed by atoms with van der Waals surface area (Å²) >= 11 is 0. The average Bonchev–Trinajstić information content (AvgIpc) is 3.08. The van der Waals surface area contributed by atoms with Crippen LogP contribution in [0, 0.1) is 11.8 Å². The van der Waals surface area contributed by atoms with Gasteiger partial charge in [0.15, 0.2) is 6.61 Å². The van der Waals surface area contributed by atoms with Gasteiger partial charge in [-0.1, -0.05) is 19.1 Å². The molecule has 1 aliphatic heterocycles. The molecule has 0 spiro atoms. The van der Waals surface area contributed by atoms with E-state index in [1.807, 2.05) is 29.2 Å². The molecule has 1 aliphatic carbocycles. The van der Waals surface area contributed by atoms with Crippen molar-refractivity contribution in [2.75, 3.05) is 19.7 Å². The average molecular weight is 289 g/mol. The van der Waals surface area contributed by atoms with Crippen LogP contribution in [0.15, 0.2) is 24.3 Å². The van der Waals surface area contributed by atoms with Crippen molar-refractivity contribution in [3.8, 4) is 5.75 Å². The third kappa shape index (κ3) is 3.05. The molecule has 2 aliphatic rings. The van der Waals surface area contributed by atoms with Crippen LogP contribution >= 0.6 is 0 Å². The first kappa shape index (κ1) is 14.4. The van der Waals surface area contributed by atoms with Gasteiger partial charge in [-0.2, -0.15) is 0 Å². The van der Waals surface area contributed by atoms with E-state index in [1.54, 1.807) is 0 Å². The summed E-state index contributed by atoms with van der Waals surface area (Å²) in [5.74, 6) is 1.52. The summed E-state index contributed by atoms with van der Waals surface area (Å²) in [5, 5.41) is 9.89. The molecule has 3 unspecified atom stereocenters. The van der Waals surface area contributed by atoms with E-state index in [0.717, 1.165) is 31.6 Å². The molecule has 0 radical (unpaired) electrons. The van der Waals surface area contributed by atoms with Crippen molar-refractivity contribution in [2.24, 2.45) is 11.8 Å². The number of fused-ring (bicyclic) bond motifs is 1. The molecule has 21 heavy (non-hydrogen) atoms. The number of benzene rings is 1. The molecule has 1 heterocycles. The summed E-state index contributed by atoms with van der Waals surface area (Å²) in [4.78, 5) is 14.0. The molecular formula is C17H23NO3. The van der Waals surface area contributed by atoms with E-state index < -0.39 is 0 Å². The summed E-state index contributed by atoms with van der Waals surface area (Å²) in [6.45, 7) is 3.65. The molecule has 1 amide bonds. The third-order valence-electron chi connectivity index (χ3n) is 4.87. The lowest BCUT2D eigenvalue weighted by Crippen LogP contribution is -2.34. The van der Waals surface area contributed by atoms with Crippen LogP contribution in [-0.4, -0.2) is 41.7 Å². The molecule has 1 aromatic rings. The molecule has 1 aromatic carbocycles. The second kappa shape index (κ2) is 6.06. The molecule has 4 heteroatoms. The fourth-order valence-electron chi connectivity index (χ4n) is 3.50. The van der Waals surface area contributed by atoms with Crippen LogP contribution in [0.25, 0.3) is 0 Å². The van der Waals surface area contributed by atoms with E-state index in [4.69, 9.17) is 4.74 Å². The first-order chi connectivity index (χ1) is 10.2. The van der Waals surface area contributed by atoms with Gasteiger partial charge in [0.05, 0.1) is 6.10 Å². The standard InChI is InChI=1S/C17H23NO3/c1-2-12-3-6-14(7-4-12)21-11-17(20)18-9-13-5-8-16(19)15(13)10-18/h3-4,6-7,13,15-16,19H,2,5,8-11H2,1H3. The van der Waals surface area contributed by atoms with Crippen molar-refractivity contribution < 1.29 is 14.6 Å². The largest absolute Gasteiger partial charge is 0.484 e. The van der Waals surface area contributed by atoms with Crippen LogP contribution < -0.4 is 4.74 Å². The minimum Gasteiger partial charge on any atom is -0.484 e. The normalized spacial score (nSPS) is 27.7.